The van der Waals surface area contributed by atoms with Gasteiger partial charge < -0.3 is 15.3 Å². The molecule has 0 saturated heterocycles. The zero-order valence-corrected chi connectivity index (χ0v) is 8.53. The van der Waals surface area contributed by atoms with E-state index >= 15 is 0 Å². The fourth-order valence-corrected chi connectivity index (χ4v) is 1.39. The predicted molar refractivity (Wildman–Crippen MR) is 59.8 cm³/mol. The number of aromatic hydroxyl groups is 1. The van der Waals surface area contributed by atoms with Crippen LogP contribution in [0.2, 0.25) is 0 Å². The molecule has 2 rings (SSSR count). The highest BCUT2D eigenvalue weighted by atomic mass is 16.4. The van der Waals surface area contributed by atoms with Crippen LogP contribution >= 0.6 is 0 Å². The average Bonchev–Trinajstić information content (AvgIpc) is 2.62. The molecule has 17 heavy (non-hydrogen) atoms. The number of azo groups is 1. The van der Waals surface area contributed by atoms with Gasteiger partial charge in [0.25, 0.3) is 0 Å². The standard InChI is InChI=1S/C10H8N4O3/c15-8(5-11-17)13-14-9-6-3-1-2-4-7(6)12-10(9)16/h1-5,12,16-17H/b11-5-,14-13?. The summed E-state index contributed by atoms with van der Waals surface area (Å²) in [7, 11) is 0. The number of oxime groups is 1. The van der Waals surface area contributed by atoms with Gasteiger partial charge in [-0.1, -0.05) is 23.4 Å². The first-order valence-electron chi connectivity index (χ1n) is 4.65. The molecular formula is C10H8N4O3. The van der Waals surface area contributed by atoms with Crippen LogP contribution in [0.3, 0.4) is 0 Å². The number of carbonyl (C=O) groups is 1. The molecule has 0 fully saturated rings. The molecule has 0 spiro atoms. The summed E-state index contributed by atoms with van der Waals surface area (Å²) in [5, 5.41) is 27.7. The maximum Gasteiger partial charge on any atom is 0.309 e. The molecule has 0 saturated carbocycles. The third kappa shape index (κ3) is 2.12. The Morgan fingerprint density at radius 1 is 1.35 bits per heavy atom. The molecule has 1 heterocycles. The molecule has 0 aliphatic rings. The molecule has 1 aromatic carbocycles. The number of benzene rings is 1. The summed E-state index contributed by atoms with van der Waals surface area (Å²) >= 11 is 0. The second kappa shape index (κ2) is 4.44. The Bertz CT molecular complexity index is 615. The molecular weight excluding hydrogens is 224 g/mol. The number of carbonyl (C=O) groups excluding carboxylic acids is 1. The average molecular weight is 232 g/mol. The Labute approximate surface area is 95.1 Å². The highest BCUT2D eigenvalue weighted by Gasteiger charge is 2.09. The van der Waals surface area contributed by atoms with Crippen LogP contribution in [-0.2, 0) is 4.79 Å². The molecule has 1 aromatic heterocycles. The number of aromatic nitrogens is 1. The van der Waals surface area contributed by atoms with Gasteiger partial charge in [0.1, 0.15) is 6.21 Å². The quantitative estimate of drug-likeness (QED) is 0.318. The molecule has 0 radical (unpaired) electrons. The number of hydrogen-bond donors (Lipinski definition) is 3. The van der Waals surface area contributed by atoms with Gasteiger partial charge in [-0.15, -0.1) is 10.2 Å². The van der Waals surface area contributed by atoms with Crippen LogP contribution in [0, 0.1) is 0 Å². The molecule has 0 atom stereocenters. The van der Waals surface area contributed by atoms with E-state index in [1.54, 1.807) is 24.3 Å². The zero-order chi connectivity index (χ0) is 12.3. The van der Waals surface area contributed by atoms with Gasteiger partial charge >= 0.3 is 5.91 Å². The largest absolute Gasteiger partial charge is 0.493 e. The topological polar surface area (TPSA) is 110 Å². The fourth-order valence-electron chi connectivity index (χ4n) is 1.39. The maximum atomic E-state index is 10.9. The van der Waals surface area contributed by atoms with Crippen molar-refractivity contribution in [2.45, 2.75) is 0 Å². The van der Waals surface area contributed by atoms with Gasteiger partial charge in [0.2, 0.25) is 5.88 Å². The number of hydrogen-bond acceptors (Lipinski definition) is 5. The zero-order valence-electron chi connectivity index (χ0n) is 8.53. The Balaban J connectivity index is 2.42. The minimum absolute atomic E-state index is 0.167. The lowest BCUT2D eigenvalue weighted by atomic mass is 10.2. The van der Waals surface area contributed by atoms with Gasteiger partial charge in [-0.3, -0.25) is 4.79 Å². The first kappa shape index (κ1) is 10.8. The first-order valence-corrected chi connectivity index (χ1v) is 4.65. The number of H-pyrrole nitrogens is 1. The van der Waals surface area contributed by atoms with E-state index in [2.05, 4.69) is 20.4 Å². The number of amides is 1. The summed E-state index contributed by atoms with van der Waals surface area (Å²) in [5.74, 6) is -0.999. The number of rotatable bonds is 2. The summed E-state index contributed by atoms with van der Waals surface area (Å²) in [6.45, 7) is 0. The highest BCUT2D eigenvalue weighted by molar-refractivity contribution is 6.26. The van der Waals surface area contributed by atoms with E-state index in [4.69, 9.17) is 5.21 Å². The Morgan fingerprint density at radius 2 is 2.12 bits per heavy atom. The predicted octanol–water partition coefficient (Wildman–Crippen LogP) is 1.94. The SMILES string of the molecule is O=C(/C=N\O)N=Nc1c(O)[nH]c2ccccc12. The van der Waals surface area contributed by atoms with E-state index in [0.29, 0.717) is 17.1 Å². The number of fused-ring (bicyclic) bond motifs is 1. The van der Waals surface area contributed by atoms with E-state index in [9.17, 15) is 9.90 Å². The lowest BCUT2D eigenvalue weighted by Gasteiger charge is -1.89. The molecule has 0 aliphatic heterocycles. The molecule has 0 bridgehead atoms. The van der Waals surface area contributed by atoms with Gasteiger partial charge in [-0.05, 0) is 6.07 Å². The molecule has 7 heteroatoms. The van der Waals surface area contributed by atoms with Crippen LogP contribution in [0.25, 0.3) is 10.9 Å². The molecule has 7 nitrogen and oxygen atoms in total. The molecule has 1 amide bonds. The van der Waals surface area contributed by atoms with Crippen molar-refractivity contribution in [2.75, 3.05) is 0 Å². The van der Waals surface area contributed by atoms with Crippen LogP contribution in [0.1, 0.15) is 0 Å². The summed E-state index contributed by atoms with van der Waals surface area (Å²) < 4.78 is 0. The third-order valence-electron chi connectivity index (χ3n) is 2.08. The van der Waals surface area contributed by atoms with Gasteiger partial charge in [-0.2, -0.15) is 0 Å². The third-order valence-corrected chi connectivity index (χ3v) is 2.08. The number of nitrogens with one attached hydrogen (secondary N) is 1. The monoisotopic (exact) mass is 232 g/mol. The van der Waals surface area contributed by atoms with Crippen molar-refractivity contribution in [2.24, 2.45) is 15.4 Å². The summed E-state index contributed by atoms with van der Waals surface area (Å²) in [5.41, 5.74) is 0.850. The molecule has 0 unspecified atom stereocenters. The maximum absolute atomic E-state index is 10.9. The summed E-state index contributed by atoms with van der Waals surface area (Å²) in [6, 6.07) is 7.05. The Hall–Kier alpha value is -2.70. The van der Waals surface area contributed by atoms with Crippen molar-refractivity contribution in [1.29, 1.82) is 0 Å². The second-order valence-electron chi connectivity index (χ2n) is 3.15. The number of para-hydroxylation sites is 1. The van der Waals surface area contributed by atoms with Crippen molar-refractivity contribution >= 4 is 28.7 Å². The minimum atomic E-state index is -0.822. The van der Waals surface area contributed by atoms with Crippen molar-refractivity contribution in [1.82, 2.24) is 4.98 Å². The number of aromatic amines is 1. The minimum Gasteiger partial charge on any atom is -0.493 e. The lowest BCUT2D eigenvalue weighted by molar-refractivity contribution is -0.111. The van der Waals surface area contributed by atoms with Crippen molar-refractivity contribution < 1.29 is 15.1 Å². The lowest BCUT2D eigenvalue weighted by Crippen LogP contribution is -1.91. The van der Waals surface area contributed by atoms with E-state index in [1.165, 1.54) is 0 Å². The number of nitrogens with zero attached hydrogens (tertiary/aromatic N) is 3. The van der Waals surface area contributed by atoms with E-state index in [0.717, 1.165) is 0 Å². The van der Waals surface area contributed by atoms with Gasteiger partial charge in [0, 0.05) is 5.39 Å². The molecule has 86 valence electrons. The molecule has 3 N–H and O–H groups in total. The normalized spacial score (nSPS) is 11.8. The summed E-state index contributed by atoms with van der Waals surface area (Å²) in [4.78, 5) is 13.6. The first-order chi connectivity index (χ1) is 8.22. The second-order valence-corrected chi connectivity index (χ2v) is 3.15. The van der Waals surface area contributed by atoms with E-state index in [-0.39, 0.29) is 11.6 Å². The van der Waals surface area contributed by atoms with Gasteiger partial charge in [-0.25, -0.2) is 0 Å². The molecule has 0 aliphatic carbocycles. The van der Waals surface area contributed by atoms with Crippen molar-refractivity contribution in [3.8, 4) is 5.88 Å². The Kier molecular flexibility index (Phi) is 2.82. The smallest absolute Gasteiger partial charge is 0.309 e. The highest BCUT2D eigenvalue weighted by Crippen LogP contribution is 2.34. The van der Waals surface area contributed by atoms with E-state index < -0.39 is 5.91 Å². The van der Waals surface area contributed by atoms with Crippen LogP contribution in [0.4, 0.5) is 5.69 Å². The van der Waals surface area contributed by atoms with E-state index in [1.807, 2.05) is 0 Å². The fraction of sp³-hybridized carbons (Fsp3) is 0. The van der Waals surface area contributed by atoms with Gasteiger partial charge in [0.15, 0.2) is 5.69 Å². The summed E-state index contributed by atoms with van der Waals surface area (Å²) in [6.07, 6.45) is 0.607. The van der Waals surface area contributed by atoms with Crippen LogP contribution in [0.5, 0.6) is 5.88 Å². The van der Waals surface area contributed by atoms with Gasteiger partial charge in [0.05, 0.1) is 5.52 Å². The van der Waals surface area contributed by atoms with Crippen molar-refractivity contribution in [3.05, 3.63) is 24.3 Å². The Morgan fingerprint density at radius 3 is 2.88 bits per heavy atom. The molecule has 2 aromatic rings. The van der Waals surface area contributed by atoms with Crippen LogP contribution in [-0.4, -0.2) is 27.4 Å². The van der Waals surface area contributed by atoms with Crippen molar-refractivity contribution in [3.63, 3.8) is 0 Å². The van der Waals surface area contributed by atoms with Crippen LogP contribution in [0.15, 0.2) is 39.6 Å². The van der Waals surface area contributed by atoms with Crippen LogP contribution < -0.4 is 0 Å².